The number of hydrogen-bond donors (Lipinski definition) is 1. The van der Waals surface area contributed by atoms with Gasteiger partial charge in [0.25, 0.3) is 0 Å². The van der Waals surface area contributed by atoms with Crippen LogP contribution in [0.5, 0.6) is 5.75 Å². The minimum absolute atomic E-state index is 0.0424. The smallest absolute Gasteiger partial charge is 0.190 e. The number of ketones is 1. The lowest BCUT2D eigenvalue weighted by molar-refractivity contribution is 0.104. The molecule has 0 atom stereocenters. The Morgan fingerprint density at radius 2 is 1.88 bits per heavy atom. The summed E-state index contributed by atoms with van der Waals surface area (Å²) in [6.45, 7) is 2.04. The van der Waals surface area contributed by atoms with E-state index in [1.54, 1.807) is 24.3 Å². The number of likely N-dealkylation sites (tertiary alicyclic amines) is 1. The maximum Gasteiger partial charge on any atom is 0.190 e. The lowest BCUT2D eigenvalue weighted by Gasteiger charge is -2.24. The van der Waals surface area contributed by atoms with E-state index in [2.05, 4.69) is 4.90 Å². The second-order valence-electron chi connectivity index (χ2n) is 4.29. The number of benzene rings is 1. The summed E-state index contributed by atoms with van der Waals surface area (Å²) < 4.78 is 0. The van der Waals surface area contributed by atoms with Gasteiger partial charge in [-0.05, 0) is 31.4 Å². The van der Waals surface area contributed by atoms with E-state index in [0.717, 1.165) is 13.1 Å². The molecule has 1 fully saturated rings. The highest BCUT2D eigenvalue weighted by Crippen LogP contribution is 2.17. The monoisotopic (exact) mass is 231 g/mol. The molecule has 0 saturated carbocycles. The van der Waals surface area contributed by atoms with Crippen molar-refractivity contribution in [2.24, 2.45) is 0 Å². The van der Waals surface area contributed by atoms with E-state index in [9.17, 15) is 9.90 Å². The van der Waals surface area contributed by atoms with Gasteiger partial charge in [0.15, 0.2) is 5.78 Å². The van der Waals surface area contributed by atoms with Gasteiger partial charge < -0.3 is 10.0 Å². The molecule has 3 nitrogen and oxygen atoms in total. The fraction of sp³-hybridized carbons (Fsp3) is 0.357. The lowest BCUT2D eigenvalue weighted by atomic mass is 10.1. The molecule has 0 radical (unpaired) electrons. The summed E-state index contributed by atoms with van der Waals surface area (Å²) in [4.78, 5) is 14.0. The fourth-order valence-electron chi connectivity index (χ4n) is 2.01. The Labute approximate surface area is 101 Å². The molecule has 1 aliphatic heterocycles. The number of phenols is 1. The summed E-state index contributed by atoms with van der Waals surface area (Å²) in [7, 11) is 0. The summed E-state index contributed by atoms with van der Waals surface area (Å²) in [5, 5.41) is 9.55. The third kappa shape index (κ3) is 3.09. The molecule has 90 valence electrons. The Hall–Kier alpha value is -1.77. The molecule has 0 unspecified atom stereocenters. The van der Waals surface area contributed by atoms with Crippen LogP contribution in [0.1, 0.15) is 29.6 Å². The zero-order valence-electron chi connectivity index (χ0n) is 9.80. The first-order valence-electron chi connectivity index (χ1n) is 6.02. The van der Waals surface area contributed by atoms with Gasteiger partial charge in [0.1, 0.15) is 5.75 Å². The minimum Gasteiger partial charge on any atom is -0.507 e. The molecule has 0 aromatic heterocycles. The van der Waals surface area contributed by atoms with E-state index < -0.39 is 0 Å². The lowest BCUT2D eigenvalue weighted by Crippen LogP contribution is -2.24. The number of aromatic hydroxyl groups is 1. The quantitative estimate of drug-likeness (QED) is 0.642. The normalized spacial score (nSPS) is 16.4. The van der Waals surface area contributed by atoms with Gasteiger partial charge >= 0.3 is 0 Å². The third-order valence-corrected chi connectivity index (χ3v) is 3.00. The highest BCUT2D eigenvalue weighted by molar-refractivity contribution is 6.06. The number of carbonyl (C=O) groups excluding carboxylic acids is 1. The molecule has 1 N–H and O–H groups in total. The van der Waals surface area contributed by atoms with Crippen molar-refractivity contribution in [1.82, 2.24) is 4.90 Å². The maximum atomic E-state index is 11.8. The molecule has 0 aliphatic carbocycles. The Kier molecular flexibility index (Phi) is 3.81. The highest BCUT2D eigenvalue weighted by atomic mass is 16.3. The number of phenolic OH excluding ortho intramolecular Hbond substituents is 1. The van der Waals surface area contributed by atoms with Crippen molar-refractivity contribution in [1.29, 1.82) is 0 Å². The van der Waals surface area contributed by atoms with Crippen LogP contribution in [0.15, 0.2) is 36.5 Å². The van der Waals surface area contributed by atoms with Gasteiger partial charge in [-0.3, -0.25) is 4.79 Å². The van der Waals surface area contributed by atoms with Gasteiger partial charge in [0, 0.05) is 25.4 Å². The number of para-hydroxylation sites is 1. The number of piperidine rings is 1. The average molecular weight is 231 g/mol. The van der Waals surface area contributed by atoms with Crippen LogP contribution in [0.25, 0.3) is 0 Å². The Morgan fingerprint density at radius 3 is 2.59 bits per heavy atom. The van der Waals surface area contributed by atoms with E-state index in [1.165, 1.54) is 25.3 Å². The van der Waals surface area contributed by atoms with Gasteiger partial charge in [-0.1, -0.05) is 12.1 Å². The highest BCUT2D eigenvalue weighted by Gasteiger charge is 2.09. The first kappa shape index (κ1) is 11.7. The topological polar surface area (TPSA) is 40.5 Å². The van der Waals surface area contributed by atoms with Crippen LogP contribution in [0.4, 0.5) is 0 Å². The molecule has 1 heterocycles. The SMILES string of the molecule is O=C(/C=C/N1CCCCC1)c1ccccc1O. The zero-order chi connectivity index (χ0) is 12.1. The van der Waals surface area contributed by atoms with E-state index in [-0.39, 0.29) is 11.5 Å². The van der Waals surface area contributed by atoms with Crippen LogP contribution < -0.4 is 0 Å². The Bertz CT molecular complexity index is 420. The van der Waals surface area contributed by atoms with Gasteiger partial charge in [-0.2, -0.15) is 0 Å². The molecule has 0 amide bonds. The molecule has 3 heteroatoms. The summed E-state index contributed by atoms with van der Waals surface area (Å²) in [6, 6.07) is 6.63. The molecule has 1 aromatic carbocycles. The third-order valence-electron chi connectivity index (χ3n) is 3.00. The number of hydrogen-bond acceptors (Lipinski definition) is 3. The maximum absolute atomic E-state index is 11.8. The average Bonchev–Trinajstić information content (AvgIpc) is 2.38. The van der Waals surface area contributed by atoms with E-state index in [0.29, 0.717) is 5.56 Å². The molecule has 0 spiro atoms. The second-order valence-corrected chi connectivity index (χ2v) is 4.29. The first-order chi connectivity index (χ1) is 8.27. The predicted molar refractivity (Wildman–Crippen MR) is 67.0 cm³/mol. The van der Waals surface area contributed by atoms with Gasteiger partial charge in [0.05, 0.1) is 5.56 Å². The van der Waals surface area contributed by atoms with Gasteiger partial charge in [-0.15, -0.1) is 0 Å². The van der Waals surface area contributed by atoms with Gasteiger partial charge in [-0.25, -0.2) is 0 Å². The van der Waals surface area contributed by atoms with Crippen molar-refractivity contribution in [3.8, 4) is 5.75 Å². The van der Waals surface area contributed by atoms with Crippen LogP contribution in [-0.2, 0) is 0 Å². The summed E-state index contributed by atoms with van der Waals surface area (Å²) >= 11 is 0. The molecule has 1 saturated heterocycles. The standard InChI is InChI=1S/C14H17NO2/c16-13-7-3-2-6-12(13)14(17)8-11-15-9-4-1-5-10-15/h2-3,6-8,11,16H,1,4-5,9-10H2/b11-8+. The van der Waals surface area contributed by atoms with Crippen molar-refractivity contribution in [2.75, 3.05) is 13.1 Å². The van der Waals surface area contributed by atoms with E-state index >= 15 is 0 Å². The van der Waals surface area contributed by atoms with Crippen LogP contribution in [0.3, 0.4) is 0 Å². The Morgan fingerprint density at radius 1 is 1.18 bits per heavy atom. The van der Waals surface area contributed by atoms with Crippen molar-refractivity contribution >= 4 is 5.78 Å². The molecule has 2 rings (SSSR count). The minimum atomic E-state index is -0.145. The number of allylic oxidation sites excluding steroid dienone is 1. The van der Waals surface area contributed by atoms with Crippen molar-refractivity contribution < 1.29 is 9.90 Å². The fourth-order valence-corrected chi connectivity index (χ4v) is 2.01. The molecule has 0 bridgehead atoms. The molecular formula is C14H17NO2. The van der Waals surface area contributed by atoms with E-state index in [1.807, 2.05) is 6.20 Å². The number of nitrogens with zero attached hydrogens (tertiary/aromatic N) is 1. The van der Waals surface area contributed by atoms with Crippen LogP contribution >= 0.6 is 0 Å². The molecule has 1 aliphatic rings. The first-order valence-corrected chi connectivity index (χ1v) is 6.02. The predicted octanol–water partition coefficient (Wildman–Crippen LogP) is 2.57. The summed E-state index contributed by atoms with van der Waals surface area (Å²) in [6.07, 6.45) is 7.04. The van der Waals surface area contributed by atoms with E-state index in [4.69, 9.17) is 0 Å². The molecular weight excluding hydrogens is 214 g/mol. The van der Waals surface area contributed by atoms with Crippen LogP contribution in [0.2, 0.25) is 0 Å². The molecule has 17 heavy (non-hydrogen) atoms. The van der Waals surface area contributed by atoms with Crippen molar-refractivity contribution in [2.45, 2.75) is 19.3 Å². The Balaban J connectivity index is 2.01. The number of rotatable bonds is 3. The van der Waals surface area contributed by atoms with Crippen LogP contribution in [0, 0.1) is 0 Å². The number of carbonyl (C=O) groups is 1. The summed E-state index contributed by atoms with van der Waals surface area (Å²) in [5.41, 5.74) is 0.362. The van der Waals surface area contributed by atoms with Crippen molar-refractivity contribution in [3.63, 3.8) is 0 Å². The van der Waals surface area contributed by atoms with Gasteiger partial charge in [0.2, 0.25) is 0 Å². The van der Waals surface area contributed by atoms with Crippen molar-refractivity contribution in [3.05, 3.63) is 42.1 Å². The van der Waals surface area contributed by atoms with Crippen LogP contribution in [-0.4, -0.2) is 28.9 Å². The molecule has 1 aromatic rings. The zero-order valence-corrected chi connectivity index (χ0v) is 9.80. The summed E-state index contributed by atoms with van der Waals surface area (Å²) in [5.74, 6) is -0.102. The largest absolute Gasteiger partial charge is 0.507 e. The second kappa shape index (κ2) is 5.53.